The Balaban J connectivity index is 1.68. The number of carbonyl (C=O) groups excluding carboxylic acids is 2. The average Bonchev–Trinajstić information content (AvgIpc) is 3.44. The number of nitrogens with one attached hydrogen (secondary N) is 2. The van der Waals surface area contributed by atoms with E-state index in [1.165, 1.54) is 11.3 Å². The van der Waals surface area contributed by atoms with Gasteiger partial charge >= 0.3 is 0 Å². The molecular formula is C20H27N5O2S. The zero-order valence-electron chi connectivity index (χ0n) is 16.7. The third-order valence-corrected chi connectivity index (χ3v) is 5.91. The summed E-state index contributed by atoms with van der Waals surface area (Å²) in [7, 11) is 3.98. The highest BCUT2D eigenvalue weighted by Crippen LogP contribution is 2.30. The lowest BCUT2D eigenvalue weighted by molar-refractivity contribution is -0.128. The summed E-state index contributed by atoms with van der Waals surface area (Å²) >= 11 is 1.32. The summed E-state index contributed by atoms with van der Waals surface area (Å²) in [6.45, 7) is 3.98. The minimum Gasteiger partial charge on any atom is -0.378 e. The van der Waals surface area contributed by atoms with Crippen LogP contribution in [0.3, 0.4) is 0 Å². The van der Waals surface area contributed by atoms with Crippen molar-refractivity contribution in [3.05, 3.63) is 24.3 Å². The Morgan fingerprint density at radius 3 is 2.46 bits per heavy atom. The molecule has 0 spiro atoms. The van der Waals surface area contributed by atoms with E-state index in [0.29, 0.717) is 5.13 Å². The number of hydrogen-bond donors (Lipinski definition) is 2. The molecular weight excluding hydrogens is 374 g/mol. The highest BCUT2D eigenvalue weighted by Gasteiger charge is 2.34. The van der Waals surface area contributed by atoms with Crippen LogP contribution in [0.1, 0.15) is 33.1 Å². The predicted molar refractivity (Wildman–Crippen MR) is 112 cm³/mol. The van der Waals surface area contributed by atoms with E-state index in [1.54, 1.807) is 0 Å². The summed E-state index contributed by atoms with van der Waals surface area (Å²) in [4.78, 5) is 26.9. The first-order chi connectivity index (χ1) is 13.4. The molecule has 0 saturated heterocycles. The standard InChI is InChI=1S/C20H27N5O2S/c1-5-12(2)16(21-17(26)13-6-7-13)18(27)22-20-24-23-19(28-20)14-8-10-15(11-9-14)25(3)4/h8-13,16H,5-7H2,1-4H3,(H,21,26)(H,22,24,27)/t12-,16-/m0/s1. The summed E-state index contributed by atoms with van der Waals surface area (Å²) in [5.41, 5.74) is 2.05. The van der Waals surface area contributed by atoms with Crippen LogP contribution in [0.25, 0.3) is 10.6 Å². The maximum atomic E-state index is 12.8. The summed E-state index contributed by atoms with van der Waals surface area (Å²) in [6, 6.07) is 7.44. The average molecular weight is 402 g/mol. The zero-order valence-corrected chi connectivity index (χ0v) is 17.5. The molecule has 8 heteroatoms. The molecule has 1 aromatic carbocycles. The number of aromatic nitrogens is 2. The monoisotopic (exact) mass is 401 g/mol. The molecule has 2 atom stereocenters. The highest BCUT2D eigenvalue weighted by molar-refractivity contribution is 7.18. The maximum absolute atomic E-state index is 12.8. The van der Waals surface area contributed by atoms with E-state index >= 15 is 0 Å². The number of benzene rings is 1. The molecule has 0 aliphatic heterocycles. The van der Waals surface area contributed by atoms with Crippen LogP contribution in [0.5, 0.6) is 0 Å². The van der Waals surface area contributed by atoms with Gasteiger partial charge in [-0.2, -0.15) is 0 Å². The van der Waals surface area contributed by atoms with Crippen molar-refractivity contribution in [1.29, 1.82) is 0 Å². The Hall–Kier alpha value is -2.48. The van der Waals surface area contributed by atoms with Crippen molar-refractivity contribution in [2.45, 2.75) is 39.2 Å². The molecule has 1 heterocycles. The van der Waals surface area contributed by atoms with Crippen LogP contribution in [0.15, 0.2) is 24.3 Å². The largest absolute Gasteiger partial charge is 0.378 e. The maximum Gasteiger partial charge on any atom is 0.249 e. The fourth-order valence-corrected chi connectivity index (χ4v) is 3.55. The quantitative estimate of drug-likeness (QED) is 0.709. The highest BCUT2D eigenvalue weighted by atomic mass is 32.1. The lowest BCUT2D eigenvalue weighted by atomic mass is 9.98. The molecule has 1 fully saturated rings. The van der Waals surface area contributed by atoms with Crippen molar-refractivity contribution in [3.63, 3.8) is 0 Å². The molecule has 2 aromatic rings. The zero-order chi connectivity index (χ0) is 20.3. The molecule has 1 saturated carbocycles. The number of rotatable bonds is 8. The summed E-state index contributed by atoms with van der Waals surface area (Å²) in [5, 5.41) is 15.2. The number of hydrogen-bond acceptors (Lipinski definition) is 6. The number of amides is 2. The molecule has 1 aromatic heterocycles. The lowest BCUT2D eigenvalue weighted by Gasteiger charge is -2.22. The molecule has 28 heavy (non-hydrogen) atoms. The van der Waals surface area contributed by atoms with Crippen LogP contribution in [0.2, 0.25) is 0 Å². The smallest absolute Gasteiger partial charge is 0.249 e. The Bertz CT molecular complexity index is 829. The Morgan fingerprint density at radius 2 is 1.89 bits per heavy atom. The van der Waals surface area contributed by atoms with Gasteiger partial charge < -0.3 is 10.2 Å². The van der Waals surface area contributed by atoms with Gasteiger partial charge in [-0.15, -0.1) is 10.2 Å². The normalized spacial score (nSPS) is 15.6. The van der Waals surface area contributed by atoms with Crippen LogP contribution in [-0.2, 0) is 9.59 Å². The first-order valence-electron chi connectivity index (χ1n) is 9.61. The Morgan fingerprint density at radius 1 is 1.21 bits per heavy atom. The second-order valence-electron chi connectivity index (χ2n) is 7.49. The molecule has 7 nitrogen and oxygen atoms in total. The van der Waals surface area contributed by atoms with Gasteiger partial charge in [0.2, 0.25) is 16.9 Å². The fourth-order valence-electron chi connectivity index (χ4n) is 2.79. The summed E-state index contributed by atoms with van der Waals surface area (Å²) in [6.07, 6.45) is 2.61. The van der Waals surface area contributed by atoms with E-state index < -0.39 is 6.04 Å². The first kappa shape index (κ1) is 20.3. The van der Waals surface area contributed by atoms with E-state index in [2.05, 4.69) is 20.8 Å². The molecule has 3 rings (SSSR count). The van der Waals surface area contributed by atoms with Crippen molar-refractivity contribution < 1.29 is 9.59 Å². The van der Waals surface area contributed by atoms with Gasteiger partial charge in [0.05, 0.1) is 0 Å². The third kappa shape index (κ3) is 4.86. The molecule has 0 unspecified atom stereocenters. The van der Waals surface area contributed by atoms with Crippen LogP contribution in [-0.4, -0.2) is 42.1 Å². The third-order valence-electron chi connectivity index (χ3n) is 5.03. The van der Waals surface area contributed by atoms with Crippen LogP contribution in [0, 0.1) is 11.8 Å². The predicted octanol–water partition coefficient (Wildman–Crippen LogP) is 3.15. The Labute approximate surface area is 169 Å². The summed E-state index contributed by atoms with van der Waals surface area (Å²) < 4.78 is 0. The van der Waals surface area contributed by atoms with Gasteiger partial charge in [0.25, 0.3) is 0 Å². The van der Waals surface area contributed by atoms with Crippen molar-refractivity contribution in [1.82, 2.24) is 15.5 Å². The lowest BCUT2D eigenvalue weighted by Crippen LogP contribution is -2.48. The van der Waals surface area contributed by atoms with E-state index in [1.807, 2.05) is 57.1 Å². The second kappa shape index (κ2) is 8.68. The molecule has 1 aliphatic rings. The van der Waals surface area contributed by atoms with Gasteiger partial charge in [0.1, 0.15) is 11.0 Å². The van der Waals surface area contributed by atoms with E-state index in [9.17, 15) is 9.59 Å². The van der Waals surface area contributed by atoms with Gasteiger partial charge in [-0.25, -0.2) is 0 Å². The van der Waals surface area contributed by atoms with Gasteiger partial charge in [-0.3, -0.25) is 14.9 Å². The van der Waals surface area contributed by atoms with Crippen LogP contribution in [0.4, 0.5) is 10.8 Å². The van der Waals surface area contributed by atoms with Gasteiger partial charge in [0, 0.05) is 31.3 Å². The number of nitrogens with zero attached hydrogens (tertiary/aromatic N) is 3. The molecule has 0 bridgehead atoms. The Kier molecular flexibility index (Phi) is 6.28. The second-order valence-corrected chi connectivity index (χ2v) is 8.47. The van der Waals surface area contributed by atoms with Crippen molar-refractivity contribution in [2.75, 3.05) is 24.3 Å². The van der Waals surface area contributed by atoms with Crippen LogP contribution < -0.4 is 15.5 Å². The molecule has 150 valence electrons. The van der Waals surface area contributed by atoms with Crippen molar-refractivity contribution in [3.8, 4) is 10.6 Å². The number of anilines is 2. The SMILES string of the molecule is CC[C@H](C)[C@H](NC(=O)C1CC1)C(=O)Nc1nnc(-c2ccc(N(C)C)cc2)s1. The van der Waals surface area contributed by atoms with E-state index in [-0.39, 0.29) is 23.7 Å². The molecule has 2 amide bonds. The minimum atomic E-state index is -0.565. The van der Waals surface area contributed by atoms with E-state index in [0.717, 1.165) is 35.5 Å². The van der Waals surface area contributed by atoms with Crippen molar-refractivity contribution >= 4 is 34.0 Å². The minimum absolute atomic E-state index is 0.0283. The first-order valence-corrected chi connectivity index (χ1v) is 10.4. The summed E-state index contributed by atoms with van der Waals surface area (Å²) in [5.74, 6) is -0.167. The molecule has 0 radical (unpaired) electrons. The van der Waals surface area contributed by atoms with Gasteiger partial charge in [0.15, 0.2) is 0 Å². The van der Waals surface area contributed by atoms with Gasteiger partial charge in [-0.05, 0) is 43.0 Å². The fraction of sp³-hybridized carbons (Fsp3) is 0.500. The molecule has 2 N–H and O–H groups in total. The van der Waals surface area contributed by atoms with E-state index in [4.69, 9.17) is 0 Å². The van der Waals surface area contributed by atoms with Crippen molar-refractivity contribution in [2.24, 2.45) is 11.8 Å². The van der Waals surface area contributed by atoms with Gasteiger partial charge in [-0.1, -0.05) is 31.6 Å². The topological polar surface area (TPSA) is 87.2 Å². The number of carbonyl (C=O) groups is 2. The molecule has 1 aliphatic carbocycles. The van der Waals surface area contributed by atoms with Crippen LogP contribution >= 0.6 is 11.3 Å².